The zero-order valence-electron chi connectivity index (χ0n) is 13.4. The molecule has 0 saturated carbocycles. The van der Waals surface area contributed by atoms with Gasteiger partial charge in [-0.15, -0.1) is 0 Å². The average molecular weight is 394 g/mol. The molecule has 0 aliphatic carbocycles. The number of amides is 2. The van der Waals surface area contributed by atoms with Gasteiger partial charge in [-0.3, -0.25) is 9.59 Å². The topological polar surface area (TPSA) is 88.4 Å². The second-order valence-electron chi connectivity index (χ2n) is 5.99. The zero-order chi connectivity index (χ0) is 17.7. The van der Waals surface area contributed by atoms with Crippen LogP contribution in [0, 0.1) is 12.8 Å². The molecule has 0 spiro atoms. The molecule has 1 saturated heterocycles. The highest BCUT2D eigenvalue weighted by Crippen LogP contribution is 2.52. The van der Waals surface area contributed by atoms with Crippen molar-refractivity contribution in [3.05, 3.63) is 29.8 Å². The molecule has 1 aromatic carbocycles. The fourth-order valence-electron chi connectivity index (χ4n) is 3.02. The quantitative estimate of drug-likeness (QED) is 0.341. The van der Waals surface area contributed by atoms with Crippen LogP contribution in [0.4, 0.5) is 5.69 Å². The maximum absolute atomic E-state index is 13.0. The van der Waals surface area contributed by atoms with E-state index in [9.17, 15) is 14.4 Å². The summed E-state index contributed by atoms with van der Waals surface area (Å²) in [5.74, 6) is -2.84. The van der Waals surface area contributed by atoms with Crippen molar-refractivity contribution >= 4 is 39.4 Å². The number of nitrogens with zero attached hydrogens (tertiary/aromatic N) is 3. The molecule has 0 radical (unpaired) electrons. The number of ether oxygens (including phenoxy) is 1. The highest BCUT2D eigenvalue weighted by atomic mass is 79.9. The number of anilines is 1. The lowest BCUT2D eigenvalue weighted by atomic mass is 9.85. The van der Waals surface area contributed by atoms with Crippen LogP contribution in [-0.2, 0) is 19.1 Å². The molecule has 24 heavy (non-hydrogen) atoms. The third-order valence-corrected chi connectivity index (χ3v) is 5.25. The second kappa shape index (κ2) is 5.47. The van der Waals surface area contributed by atoms with E-state index in [4.69, 9.17) is 4.74 Å². The van der Waals surface area contributed by atoms with Crippen molar-refractivity contribution in [2.75, 3.05) is 11.5 Å². The smallest absolute Gasteiger partial charge is 0.348 e. The third kappa shape index (κ3) is 2.12. The predicted octanol–water partition coefficient (Wildman–Crippen LogP) is 2.36. The van der Waals surface area contributed by atoms with Crippen LogP contribution in [-0.4, -0.2) is 34.4 Å². The predicted molar refractivity (Wildman–Crippen MR) is 88.7 cm³/mol. The number of esters is 1. The average Bonchev–Trinajstić information content (AvgIpc) is 2.93. The van der Waals surface area contributed by atoms with Crippen LogP contribution in [0.1, 0.15) is 19.4 Å². The first-order valence-corrected chi connectivity index (χ1v) is 8.30. The summed E-state index contributed by atoms with van der Waals surface area (Å²) in [4.78, 5) is 39.2. The van der Waals surface area contributed by atoms with Crippen molar-refractivity contribution in [3.8, 4) is 0 Å². The third-order valence-electron chi connectivity index (χ3n) is 4.31. The van der Waals surface area contributed by atoms with E-state index in [1.165, 1.54) is 6.92 Å². The van der Waals surface area contributed by atoms with Crippen LogP contribution < -0.4 is 4.90 Å². The molecular weight excluding hydrogens is 378 g/mol. The number of benzene rings is 1. The summed E-state index contributed by atoms with van der Waals surface area (Å²) in [6.45, 7) is 5.21. The molecule has 7 nitrogen and oxygen atoms in total. The molecular formula is C16H16BrN3O4. The summed E-state index contributed by atoms with van der Waals surface area (Å²) in [5, 5.41) is 7.86. The van der Waals surface area contributed by atoms with E-state index in [0.717, 1.165) is 10.5 Å². The van der Waals surface area contributed by atoms with Crippen LogP contribution in [0.15, 0.2) is 34.5 Å². The number of azo groups is 1. The van der Waals surface area contributed by atoms with Gasteiger partial charge in [0, 0.05) is 0 Å². The van der Waals surface area contributed by atoms with Gasteiger partial charge in [-0.25, -0.2) is 9.69 Å². The first-order chi connectivity index (χ1) is 11.3. The van der Waals surface area contributed by atoms with E-state index in [-0.39, 0.29) is 6.61 Å². The van der Waals surface area contributed by atoms with E-state index in [1.54, 1.807) is 31.2 Å². The molecule has 3 rings (SSSR count). The molecule has 1 aromatic rings. The Morgan fingerprint density at radius 1 is 1.29 bits per heavy atom. The maximum Gasteiger partial charge on any atom is 0.348 e. The molecule has 126 valence electrons. The van der Waals surface area contributed by atoms with Gasteiger partial charge >= 0.3 is 5.97 Å². The number of imide groups is 1. The van der Waals surface area contributed by atoms with Gasteiger partial charge in [0.05, 0.1) is 12.3 Å². The molecule has 1 fully saturated rings. The first kappa shape index (κ1) is 16.8. The molecule has 2 heterocycles. The normalized spacial score (nSPS) is 31.5. The van der Waals surface area contributed by atoms with Gasteiger partial charge in [0.15, 0.2) is 5.54 Å². The van der Waals surface area contributed by atoms with Crippen molar-refractivity contribution in [3.63, 3.8) is 0 Å². The monoisotopic (exact) mass is 393 g/mol. The number of fused-ring (bicyclic) bond motifs is 1. The van der Waals surface area contributed by atoms with Gasteiger partial charge in [-0.2, -0.15) is 10.2 Å². The number of rotatable bonds is 3. The van der Waals surface area contributed by atoms with Crippen LogP contribution in [0.5, 0.6) is 0 Å². The summed E-state index contributed by atoms with van der Waals surface area (Å²) in [7, 11) is 0. The Labute approximate surface area is 147 Å². The number of aryl methyl sites for hydroxylation is 1. The van der Waals surface area contributed by atoms with Crippen LogP contribution in [0.25, 0.3) is 0 Å². The summed E-state index contributed by atoms with van der Waals surface area (Å²) < 4.78 is 3.32. The van der Waals surface area contributed by atoms with Crippen LogP contribution in [0.3, 0.4) is 0 Å². The van der Waals surface area contributed by atoms with E-state index >= 15 is 0 Å². The highest BCUT2D eigenvalue weighted by molar-refractivity contribution is 9.10. The molecule has 2 aliphatic rings. The maximum atomic E-state index is 13.0. The number of hydrogen-bond acceptors (Lipinski definition) is 6. The van der Waals surface area contributed by atoms with Crippen molar-refractivity contribution in [2.45, 2.75) is 30.8 Å². The number of hydrogen-bond donors (Lipinski definition) is 0. The molecule has 0 N–H and O–H groups in total. The van der Waals surface area contributed by atoms with Crippen LogP contribution >= 0.6 is 15.9 Å². The van der Waals surface area contributed by atoms with Crippen molar-refractivity contribution in [1.82, 2.24) is 0 Å². The van der Waals surface area contributed by atoms with E-state index in [1.807, 2.05) is 6.92 Å². The summed E-state index contributed by atoms with van der Waals surface area (Å²) in [6, 6.07) is 6.99. The molecule has 2 amide bonds. The van der Waals surface area contributed by atoms with Crippen molar-refractivity contribution in [2.24, 2.45) is 16.1 Å². The number of carbonyl (C=O) groups is 3. The van der Waals surface area contributed by atoms with Gasteiger partial charge in [0.25, 0.3) is 5.91 Å². The Morgan fingerprint density at radius 3 is 2.50 bits per heavy atom. The summed E-state index contributed by atoms with van der Waals surface area (Å²) in [6.07, 6.45) is 0. The number of halogens is 1. The minimum atomic E-state index is -1.68. The van der Waals surface area contributed by atoms with Gasteiger partial charge in [0.1, 0.15) is 5.92 Å². The van der Waals surface area contributed by atoms with Gasteiger partial charge < -0.3 is 4.74 Å². The minimum absolute atomic E-state index is 0.134. The van der Waals surface area contributed by atoms with Crippen LogP contribution in [0.2, 0.25) is 0 Å². The Bertz CT molecular complexity index is 763. The molecule has 2 aliphatic heterocycles. The van der Waals surface area contributed by atoms with Crippen molar-refractivity contribution < 1.29 is 19.1 Å². The minimum Gasteiger partial charge on any atom is -0.463 e. The highest BCUT2D eigenvalue weighted by Gasteiger charge is 2.71. The molecule has 8 heteroatoms. The lowest BCUT2D eigenvalue weighted by molar-refractivity contribution is -0.148. The Balaban J connectivity index is 2.04. The van der Waals surface area contributed by atoms with E-state index < -0.39 is 33.7 Å². The first-order valence-electron chi connectivity index (χ1n) is 7.51. The molecule has 3 atom stereocenters. The Hall–Kier alpha value is -2.09. The summed E-state index contributed by atoms with van der Waals surface area (Å²) >= 11 is 3.20. The van der Waals surface area contributed by atoms with E-state index in [0.29, 0.717) is 5.69 Å². The number of alkyl halides is 1. The number of carbonyl (C=O) groups excluding carboxylic acids is 3. The zero-order valence-corrected chi connectivity index (χ0v) is 15.0. The lowest BCUT2D eigenvalue weighted by Crippen LogP contribution is -2.47. The largest absolute Gasteiger partial charge is 0.463 e. The fourth-order valence-corrected chi connectivity index (χ4v) is 3.86. The second-order valence-corrected chi connectivity index (χ2v) is 7.20. The SMILES string of the molecule is CCOC(=O)C1(Br)N=NC2(C)C(=O)N(c3ccc(C)cc3)C(=O)C21. The van der Waals surface area contributed by atoms with Gasteiger partial charge in [-0.1, -0.05) is 17.7 Å². The lowest BCUT2D eigenvalue weighted by Gasteiger charge is -2.23. The fraction of sp³-hybridized carbons (Fsp3) is 0.438. The van der Waals surface area contributed by atoms with Gasteiger partial charge in [-0.05, 0) is 48.8 Å². The molecule has 0 aromatic heterocycles. The Kier molecular flexibility index (Phi) is 3.82. The van der Waals surface area contributed by atoms with Crippen molar-refractivity contribution in [1.29, 1.82) is 0 Å². The molecule has 0 bridgehead atoms. The Morgan fingerprint density at radius 2 is 1.92 bits per heavy atom. The standard InChI is InChI=1S/C16H16BrN3O4/c1-4-24-14(23)16(17)11-12(21)20(10-7-5-9(2)6-8-10)13(22)15(11,3)18-19-16/h5-8,11H,4H2,1-3H3. The van der Waals surface area contributed by atoms with E-state index in [2.05, 4.69) is 26.2 Å². The summed E-state index contributed by atoms with van der Waals surface area (Å²) in [5.41, 5.74) is 0.0172. The van der Waals surface area contributed by atoms with Gasteiger partial charge in [0.2, 0.25) is 10.4 Å². The molecule has 3 unspecified atom stereocenters.